The second-order valence-electron chi connectivity index (χ2n) is 10.7. The summed E-state index contributed by atoms with van der Waals surface area (Å²) < 4.78 is 11.7. The number of carbonyl (C=O) groups excluding carboxylic acids is 1. The van der Waals surface area contributed by atoms with Gasteiger partial charge in [0.2, 0.25) is 0 Å². The number of hydrogen-bond donors (Lipinski definition) is 1. The molecule has 1 atom stereocenters. The molecule has 0 radical (unpaired) electrons. The van der Waals surface area contributed by atoms with Gasteiger partial charge in [0, 0.05) is 0 Å². The molecule has 4 nitrogen and oxygen atoms in total. The molecular weight excluding hydrogens is 364 g/mol. The summed E-state index contributed by atoms with van der Waals surface area (Å²) in [5.74, 6) is 3.67. The summed E-state index contributed by atoms with van der Waals surface area (Å²) in [5, 5.41) is 9.42. The average Bonchev–Trinajstić information content (AvgIpc) is 2.64. The van der Waals surface area contributed by atoms with Crippen LogP contribution in [0.15, 0.2) is 24.3 Å². The minimum absolute atomic E-state index is 0.0988. The zero-order valence-corrected chi connectivity index (χ0v) is 18.1. The summed E-state index contributed by atoms with van der Waals surface area (Å²) in [7, 11) is 0. The molecule has 4 saturated carbocycles. The van der Waals surface area contributed by atoms with Crippen LogP contribution in [0.3, 0.4) is 0 Å². The monoisotopic (exact) mass is 400 g/mol. The Morgan fingerprint density at radius 2 is 1.66 bits per heavy atom. The minimum atomic E-state index is -0.538. The standard InChI is InChI=1S/C25H36O4/c1-16(8-17-4-6-22(26)7-5-17)14-25(2,3)24(27)29-15-28-23-20-10-18-9-19(12-20)13-21(23)11-18/h4-7,16,18-21,23,26H,8-15H2,1-3H3. The van der Waals surface area contributed by atoms with E-state index >= 15 is 0 Å². The van der Waals surface area contributed by atoms with Crippen molar-refractivity contribution in [2.45, 2.75) is 71.8 Å². The normalized spacial score (nSPS) is 31.6. The van der Waals surface area contributed by atoms with Crippen molar-refractivity contribution in [1.29, 1.82) is 0 Å². The first-order valence-electron chi connectivity index (χ1n) is 11.4. The molecule has 0 aliphatic heterocycles. The topological polar surface area (TPSA) is 55.8 Å². The van der Waals surface area contributed by atoms with Crippen molar-refractivity contribution in [3.8, 4) is 5.75 Å². The Labute approximate surface area is 175 Å². The lowest BCUT2D eigenvalue weighted by Crippen LogP contribution is -2.49. The molecule has 4 fully saturated rings. The van der Waals surface area contributed by atoms with Crippen LogP contribution in [-0.2, 0) is 20.7 Å². The van der Waals surface area contributed by atoms with Crippen LogP contribution in [0.4, 0.5) is 0 Å². The molecule has 0 aromatic heterocycles. The highest BCUT2D eigenvalue weighted by molar-refractivity contribution is 5.75. The second-order valence-corrected chi connectivity index (χ2v) is 10.7. The molecular formula is C25H36O4. The number of hydrogen-bond acceptors (Lipinski definition) is 4. The third-order valence-electron chi connectivity index (χ3n) is 7.52. The Hall–Kier alpha value is -1.55. The molecule has 1 unspecified atom stereocenters. The molecule has 0 heterocycles. The molecule has 0 saturated heterocycles. The third-order valence-corrected chi connectivity index (χ3v) is 7.52. The van der Waals surface area contributed by atoms with E-state index in [9.17, 15) is 9.90 Å². The van der Waals surface area contributed by atoms with Crippen LogP contribution in [-0.4, -0.2) is 24.0 Å². The number of rotatable bonds is 8. The quantitative estimate of drug-likeness (QED) is 0.473. The van der Waals surface area contributed by atoms with E-state index in [0.717, 1.165) is 24.7 Å². The van der Waals surface area contributed by atoms with Gasteiger partial charge in [-0.25, -0.2) is 0 Å². The predicted molar refractivity (Wildman–Crippen MR) is 112 cm³/mol. The zero-order chi connectivity index (χ0) is 20.6. The molecule has 4 heteroatoms. The molecule has 1 aromatic rings. The largest absolute Gasteiger partial charge is 0.508 e. The highest BCUT2D eigenvalue weighted by atomic mass is 16.7. The number of aromatic hydroxyl groups is 1. The zero-order valence-electron chi connectivity index (χ0n) is 18.1. The molecule has 1 N–H and O–H groups in total. The summed E-state index contributed by atoms with van der Waals surface area (Å²) in [6, 6.07) is 7.30. The maximum Gasteiger partial charge on any atom is 0.313 e. The van der Waals surface area contributed by atoms with E-state index in [0.29, 0.717) is 23.9 Å². The molecule has 5 rings (SSSR count). The fourth-order valence-electron chi connectivity index (χ4n) is 6.57. The average molecular weight is 401 g/mol. The van der Waals surface area contributed by atoms with E-state index in [1.54, 1.807) is 12.1 Å². The molecule has 1 aromatic carbocycles. The maximum atomic E-state index is 12.7. The smallest absolute Gasteiger partial charge is 0.313 e. The number of phenolic OH excluding ortho intramolecular Hbond substituents is 1. The molecule has 29 heavy (non-hydrogen) atoms. The van der Waals surface area contributed by atoms with Crippen molar-refractivity contribution >= 4 is 5.97 Å². The number of ether oxygens (including phenoxy) is 2. The SMILES string of the molecule is CC(Cc1ccc(O)cc1)CC(C)(C)C(=O)OCOC1C2CC3CC(C2)CC1C3. The van der Waals surface area contributed by atoms with Crippen molar-refractivity contribution in [1.82, 2.24) is 0 Å². The van der Waals surface area contributed by atoms with Crippen LogP contribution in [0.2, 0.25) is 0 Å². The fourth-order valence-corrected chi connectivity index (χ4v) is 6.57. The summed E-state index contributed by atoms with van der Waals surface area (Å²) in [5.41, 5.74) is 0.633. The Balaban J connectivity index is 1.22. The lowest BCUT2D eigenvalue weighted by atomic mass is 9.55. The first-order valence-corrected chi connectivity index (χ1v) is 11.4. The highest BCUT2D eigenvalue weighted by Crippen LogP contribution is 2.54. The summed E-state index contributed by atoms with van der Waals surface area (Å²) in [6.45, 7) is 6.19. The van der Waals surface area contributed by atoms with Crippen LogP contribution < -0.4 is 0 Å². The van der Waals surface area contributed by atoms with Gasteiger partial charge in [-0.2, -0.15) is 0 Å². The van der Waals surface area contributed by atoms with Gasteiger partial charge in [-0.1, -0.05) is 19.1 Å². The van der Waals surface area contributed by atoms with Crippen LogP contribution in [0.1, 0.15) is 64.9 Å². The van der Waals surface area contributed by atoms with Crippen molar-refractivity contribution < 1.29 is 19.4 Å². The minimum Gasteiger partial charge on any atom is -0.508 e. The second kappa shape index (κ2) is 8.29. The Kier molecular flexibility index (Phi) is 5.92. The van der Waals surface area contributed by atoms with E-state index in [1.165, 1.54) is 37.7 Å². The van der Waals surface area contributed by atoms with E-state index in [1.807, 2.05) is 26.0 Å². The molecule has 160 valence electrons. The van der Waals surface area contributed by atoms with Crippen molar-refractivity contribution in [3.63, 3.8) is 0 Å². The molecule has 4 bridgehead atoms. The van der Waals surface area contributed by atoms with Crippen LogP contribution in [0.5, 0.6) is 5.75 Å². The van der Waals surface area contributed by atoms with Crippen LogP contribution >= 0.6 is 0 Å². The summed E-state index contributed by atoms with van der Waals surface area (Å²) in [4.78, 5) is 12.7. The van der Waals surface area contributed by atoms with Crippen LogP contribution in [0, 0.1) is 35.0 Å². The molecule has 4 aliphatic carbocycles. The van der Waals surface area contributed by atoms with Crippen molar-refractivity contribution in [2.24, 2.45) is 35.0 Å². The Morgan fingerprint density at radius 1 is 1.07 bits per heavy atom. The number of phenols is 1. The number of esters is 1. The lowest BCUT2D eigenvalue weighted by molar-refractivity contribution is -0.193. The van der Waals surface area contributed by atoms with Gasteiger partial charge in [0.25, 0.3) is 0 Å². The highest BCUT2D eigenvalue weighted by Gasteiger charge is 2.49. The Bertz CT molecular complexity index is 680. The predicted octanol–water partition coefficient (Wildman–Crippen LogP) is 5.33. The van der Waals surface area contributed by atoms with E-state index < -0.39 is 5.41 Å². The van der Waals surface area contributed by atoms with E-state index in [-0.39, 0.29) is 18.5 Å². The van der Waals surface area contributed by atoms with Gasteiger partial charge in [0.15, 0.2) is 6.79 Å². The first-order chi connectivity index (χ1) is 13.8. The number of carbonyl (C=O) groups is 1. The van der Waals surface area contributed by atoms with Gasteiger partial charge in [-0.3, -0.25) is 4.79 Å². The molecule has 0 amide bonds. The van der Waals surface area contributed by atoms with E-state index in [2.05, 4.69) is 6.92 Å². The first kappa shape index (κ1) is 20.7. The van der Waals surface area contributed by atoms with Crippen molar-refractivity contribution in [3.05, 3.63) is 29.8 Å². The van der Waals surface area contributed by atoms with Gasteiger partial charge in [0.05, 0.1) is 11.5 Å². The van der Waals surface area contributed by atoms with Gasteiger partial charge in [0.1, 0.15) is 5.75 Å². The van der Waals surface area contributed by atoms with E-state index in [4.69, 9.17) is 9.47 Å². The van der Waals surface area contributed by atoms with Gasteiger partial charge in [-0.05, 0) is 106 Å². The number of benzene rings is 1. The molecule has 0 spiro atoms. The van der Waals surface area contributed by atoms with Gasteiger partial charge < -0.3 is 14.6 Å². The molecule has 4 aliphatic rings. The fraction of sp³-hybridized carbons (Fsp3) is 0.720. The van der Waals surface area contributed by atoms with Gasteiger partial charge >= 0.3 is 5.97 Å². The summed E-state index contributed by atoms with van der Waals surface area (Å²) in [6.07, 6.45) is 8.61. The van der Waals surface area contributed by atoms with Crippen molar-refractivity contribution in [2.75, 3.05) is 6.79 Å². The Morgan fingerprint density at radius 3 is 2.24 bits per heavy atom. The summed E-state index contributed by atoms with van der Waals surface area (Å²) >= 11 is 0. The van der Waals surface area contributed by atoms with Gasteiger partial charge in [-0.15, -0.1) is 0 Å². The lowest BCUT2D eigenvalue weighted by Gasteiger charge is -2.53. The van der Waals surface area contributed by atoms with Crippen LogP contribution in [0.25, 0.3) is 0 Å². The maximum absolute atomic E-state index is 12.7. The third kappa shape index (κ3) is 4.79.